The van der Waals surface area contributed by atoms with E-state index in [2.05, 4.69) is 0 Å². The van der Waals surface area contributed by atoms with Gasteiger partial charge in [-0.1, -0.05) is 25.1 Å². The number of hydrogen-bond acceptors (Lipinski definition) is 4. The lowest BCUT2D eigenvalue weighted by Gasteiger charge is -2.12. The predicted molar refractivity (Wildman–Crippen MR) is 92.6 cm³/mol. The normalized spacial score (nSPS) is 10.3. The fourth-order valence-corrected chi connectivity index (χ4v) is 2.51. The smallest absolute Gasteiger partial charge is 0.338 e. The van der Waals surface area contributed by atoms with Gasteiger partial charge in [-0.05, 0) is 50.1 Å². The summed E-state index contributed by atoms with van der Waals surface area (Å²) in [6.07, 6.45) is 0.755. The van der Waals surface area contributed by atoms with E-state index in [1.165, 1.54) is 0 Å². The minimum Gasteiger partial charge on any atom is -0.489 e. The van der Waals surface area contributed by atoms with E-state index in [-0.39, 0.29) is 18.4 Å². The van der Waals surface area contributed by atoms with Crippen molar-refractivity contribution in [3.05, 3.63) is 64.7 Å². The molecule has 0 unspecified atom stereocenters. The highest BCUT2D eigenvalue weighted by Gasteiger charge is 2.13. The highest BCUT2D eigenvalue weighted by Crippen LogP contribution is 2.21. The van der Waals surface area contributed by atoms with Crippen LogP contribution >= 0.6 is 0 Å². The minimum absolute atomic E-state index is 0.0473. The molecule has 0 aliphatic carbocycles. The van der Waals surface area contributed by atoms with Crippen LogP contribution < -0.4 is 4.74 Å². The summed E-state index contributed by atoms with van der Waals surface area (Å²) in [7, 11) is 0. The second kappa shape index (κ2) is 8.29. The summed E-state index contributed by atoms with van der Waals surface area (Å²) in [6, 6.07) is 12.7. The van der Waals surface area contributed by atoms with Crippen molar-refractivity contribution in [1.82, 2.24) is 0 Å². The van der Waals surface area contributed by atoms with Crippen LogP contribution in [0, 0.1) is 0 Å². The molecule has 4 heteroatoms. The number of rotatable bonds is 7. The van der Waals surface area contributed by atoms with Gasteiger partial charge in [0, 0.05) is 11.1 Å². The summed E-state index contributed by atoms with van der Waals surface area (Å²) >= 11 is 0. The molecule has 0 radical (unpaired) electrons. The molecule has 2 rings (SSSR count). The summed E-state index contributed by atoms with van der Waals surface area (Å²) in [5, 5.41) is 0. The van der Waals surface area contributed by atoms with Crippen LogP contribution in [0.1, 0.15) is 52.6 Å². The fraction of sp³-hybridized carbons (Fsp3) is 0.300. The summed E-state index contributed by atoms with van der Waals surface area (Å²) < 4.78 is 10.9. The Kier molecular flexibility index (Phi) is 6.13. The van der Waals surface area contributed by atoms with E-state index in [1.54, 1.807) is 38.1 Å². The first kappa shape index (κ1) is 17.7. The number of benzene rings is 2. The molecule has 0 N–H and O–H groups in total. The number of hydrogen-bond donors (Lipinski definition) is 0. The van der Waals surface area contributed by atoms with Gasteiger partial charge in [-0.15, -0.1) is 0 Å². The molecule has 0 saturated heterocycles. The molecule has 126 valence electrons. The Labute approximate surface area is 142 Å². The van der Waals surface area contributed by atoms with Crippen molar-refractivity contribution in [3.8, 4) is 5.75 Å². The number of ether oxygens (including phenoxy) is 2. The van der Waals surface area contributed by atoms with Gasteiger partial charge in [0.2, 0.25) is 0 Å². The third-order valence-corrected chi connectivity index (χ3v) is 3.74. The first-order chi connectivity index (χ1) is 11.6. The first-order valence-corrected chi connectivity index (χ1v) is 8.08. The number of esters is 1. The fourth-order valence-electron chi connectivity index (χ4n) is 2.51. The summed E-state index contributed by atoms with van der Waals surface area (Å²) in [6.45, 7) is 5.93. The Bertz CT molecular complexity index is 734. The van der Waals surface area contributed by atoms with Crippen molar-refractivity contribution in [2.45, 2.75) is 33.8 Å². The third kappa shape index (κ3) is 4.22. The topological polar surface area (TPSA) is 52.6 Å². The quantitative estimate of drug-likeness (QED) is 0.565. The van der Waals surface area contributed by atoms with Crippen LogP contribution in [-0.4, -0.2) is 18.4 Å². The van der Waals surface area contributed by atoms with Gasteiger partial charge in [0.05, 0.1) is 12.2 Å². The zero-order valence-electron chi connectivity index (χ0n) is 14.3. The van der Waals surface area contributed by atoms with Gasteiger partial charge < -0.3 is 9.47 Å². The van der Waals surface area contributed by atoms with Crippen molar-refractivity contribution in [2.24, 2.45) is 0 Å². The van der Waals surface area contributed by atoms with Crippen LogP contribution in [0.15, 0.2) is 42.5 Å². The Morgan fingerprint density at radius 1 is 0.958 bits per heavy atom. The van der Waals surface area contributed by atoms with E-state index in [1.807, 2.05) is 25.1 Å². The molecule has 0 atom stereocenters. The molecule has 0 aromatic heterocycles. The summed E-state index contributed by atoms with van der Waals surface area (Å²) in [4.78, 5) is 23.6. The van der Waals surface area contributed by atoms with Crippen LogP contribution in [0.3, 0.4) is 0 Å². The second-order valence-electron chi connectivity index (χ2n) is 5.39. The molecule has 0 spiro atoms. The SMILES string of the molecule is CCOC(=O)c1ccccc1COc1ccc(C(C)=O)c(CC)c1. The Hall–Kier alpha value is -2.62. The molecule has 24 heavy (non-hydrogen) atoms. The molecule has 2 aromatic carbocycles. The average molecular weight is 326 g/mol. The van der Waals surface area contributed by atoms with Gasteiger partial charge >= 0.3 is 5.97 Å². The number of ketones is 1. The Balaban J connectivity index is 2.17. The molecular formula is C20H22O4. The molecule has 0 aliphatic heterocycles. The van der Waals surface area contributed by atoms with Crippen LogP contribution in [0.5, 0.6) is 5.75 Å². The molecule has 0 bridgehead atoms. The van der Waals surface area contributed by atoms with Crippen molar-refractivity contribution in [2.75, 3.05) is 6.61 Å². The van der Waals surface area contributed by atoms with E-state index in [0.29, 0.717) is 17.9 Å². The first-order valence-electron chi connectivity index (χ1n) is 8.08. The van der Waals surface area contributed by atoms with E-state index in [4.69, 9.17) is 9.47 Å². The Morgan fingerprint density at radius 3 is 2.38 bits per heavy atom. The highest BCUT2D eigenvalue weighted by molar-refractivity contribution is 5.95. The number of aryl methyl sites for hydroxylation is 1. The largest absolute Gasteiger partial charge is 0.489 e. The standard InChI is InChI=1S/C20H22O4/c1-4-15-12-17(10-11-18(15)14(3)21)24-13-16-8-6-7-9-19(16)20(22)23-5-2/h6-12H,4-5,13H2,1-3H3. The molecule has 4 nitrogen and oxygen atoms in total. The Morgan fingerprint density at radius 2 is 1.71 bits per heavy atom. The zero-order valence-corrected chi connectivity index (χ0v) is 14.3. The summed E-state index contributed by atoms with van der Waals surface area (Å²) in [5.41, 5.74) is 2.95. The van der Waals surface area contributed by atoms with E-state index < -0.39 is 0 Å². The van der Waals surface area contributed by atoms with Crippen molar-refractivity contribution in [3.63, 3.8) is 0 Å². The maximum Gasteiger partial charge on any atom is 0.338 e. The van der Waals surface area contributed by atoms with Gasteiger partial charge in [-0.2, -0.15) is 0 Å². The highest BCUT2D eigenvalue weighted by atomic mass is 16.5. The lowest BCUT2D eigenvalue weighted by molar-refractivity contribution is 0.0523. The molecule has 0 fully saturated rings. The monoisotopic (exact) mass is 326 g/mol. The molecule has 0 amide bonds. The van der Waals surface area contributed by atoms with Crippen LogP contribution in [0.25, 0.3) is 0 Å². The van der Waals surface area contributed by atoms with Gasteiger partial charge in [0.25, 0.3) is 0 Å². The lowest BCUT2D eigenvalue weighted by atomic mass is 10.0. The van der Waals surface area contributed by atoms with Gasteiger partial charge in [0.1, 0.15) is 12.4 Å². The molecular weight excluding hydrogens is 304 g/mol. The van der Waals surface area contributed by atoms with Crippen molar-refractivity contribution >= 4 is 11.8 Å². The van der Waals surface area contributed by atoms with Crippen LogP contribution in [0.2, 0.25) is 0 Å². The van der Waals surface area contributed by atoms with E-state index in [0.717, 1.165) is 23.1 Å². The molecule has 2 aromatic rings. The zero-order chi connectivity index (χ0) is 17.5. The van der Waals surface area contributed by atoms with Crippen LogP contribution in [-0.2, 0) is 17.8 Å². The van der Waals surface area contributed by atoms with Crippen molar-refractivity contribution < 1.29 is 19.1 Å². The van der Waals surface area contributed by atoms with E-state index >= 15 is 0 Å². The van der Waals surface area contributed by atoms with Gasteiger partial charge in [-0.3, -0.25) is 4.79 Å². The number of carbonyl (C=O) groups is 2. The molecule has 0 aliphatic rings. The summed E-state index contributed by atoms with van der Waals surface area (Å²) in [5.74, 6) is 0.374. The van der Waals surface area contributed by atoms with Crippen molar-refractivity contribution in [1.29, 1.82) is 0 Å². The molecule has 0 heterocycles. The maximum atomic E-state index is 12.0. The molecule has 0 saturated carbocycles. The minimum atomic E-state index is -0.349. The van der Waals surface area contributed by atoms with E-state index in [9.17, 15) is 9.59 Å². The third-order valence-electron chi connectivity index (χ3n) is 3.74. The average Bonchev–Trinajstić information content (AvgIpc) is 2.60. The second-order valence-corrected chi connectivity index (χ2v) is 5.39. The predicted octanol–water partition coefficient (Wildman–Crippen LogP) is 4.21. The number of carbonyl (C=O) groups excluding carboxylic acids is 2. The van der Waals surface area contributed by atoms with Gasteiger partial charge in [0.15, 0.2) is 5.78 Å². The van der Waals surface area contributed by atoms with Crippen LogP contribution in [0.4, 0.5) is 0 Å². The maximum absolute atomic E-state index is 12.0. The van der Waals surface area contributed by atoms with Gasteiger partial charge in [-0.25, -0.2) is 4.79 Å². The lowest BCUT2D eigenvalue weighted by Crippen LogP contribution is -2.10. The number of Topliss-reactive ketones (excluding diaryl/α,β-unsaturated/α-hetero) is 1.